The van der Waals surface area contributed by atoms with E-state index < -0.39 is 0 Å². The van der Waals surface area contributed by atoms with E-state index in [1.54, 1.807) is 0 Å². The Morgan fingerprint density at radius 2 is 2.07 bits per heavy atom. The van der Waals surface area contributed by atoms with Crippen LogP contribution >= 0.6 is 11.6 Å². The smallest absolute Gasteiger partial charge is 0.332 e. The minimum Gasteiger partial charge on any atom is -0.460 e. The summed E-state index contributed by atoms with van der Waals surface area (Å²) < 4.78 is 4.93. The Kier molecular flexibility index (Phi) is 7.58. The van der Waals surface area contributed by atoms with Crippen molar-refractivity contribution < 1.29 is 9.53 Å². The number of ether oxygens (including phenoxy) is 1. The van der Waals surface area contributed by atoms with Crippen molar-refractivity contribution in [3.63, 3.8) is 0 Å². The van der Waals surface area contributed by atoms with Gasteiger partial charge in [-0.2, -0.15) is 0 Å². The second kappa shape index (κ2) is 7.86. The molecule has 0 aliphatic carbocycles. The third-order valence-electron chi connectivity index (χ3n) is 1.65. The highest BCUT2D eigenvalue weighted by atomic mass is 35.5. The van der Waals surface area contributed by atoms with Gasteiger partial charge in [-0.15, -0.1) is 0 Å². The molecule has 0 saturated carbocycles. The minimum absolute atomic E-state index is 0.0844. The van der Waals surface area contributed by atoms with Crippen LogP contribution in [0.5, 0.6) is 0 Å². The molecule has 0 aliphatic heterocycles. The van der Waals surface area contributed by atoms with Crippen molar-refractivity contribution in [3.8, 4) is 0 Å². The first-order valence-electron chi connectivity index (χ1n) is 5.13. The van der Waals surface area contributed by atoms with Crippen LogP contribution in [-0.2, 0) is 9.53 Å². The number of hydrogen-bond donors (Lipinski definition) is 0. The zero-order valence-electron chi connectivity index (χ0n) is 9.18. The molecule has 0 aromatic rings. The van der Waals surface area contributed by atoms with Gasteiger partial charge in [-0.1, -0.05) is 31.4 Å². The molecule has 2 nitrogen and oxygen atoms in total. The summed E-state index contributed by atoms with van der Waals surface area (Å²) in [4.78, 5) is 11.1. The van der Waals surface area contributed by atoms with E-state index in [-0.39, 0.29) is 12.1 Å². The maximum atomic E-state index is 11.1. The molecule has 0 heterocycles. The van der Waals surface area contributed by atoms with E-state index in [2.05, 4.69) is 6.92 Å². The average molecular weight is 219 g/mol. The van der Waals surface area contributed by atoms with E-state index in [1.807, 2.05) is 13.8 Å². The first kappa shape index (κ1) is 13.5. The van der Waals surface area contributed by atoms with Gasteiger partial charge in [0.1, 0.15) is 0 Å². The number of halogens is 1. The van der Waals surface area contributed by atoms with E-state index in [4.69, 9.17) is 16.3 Å². The predicted octanol–water partition coefficient (Wildman–Crippen LogP) is 3.64. The van der Waals surface area contributed by atoms with Crippen molar-refractivity contribution in [1.82, 2.24) is 0 Å². The van der Waals surface area contributed by atoms with Crippen LogP contribution in [0.15, 0.2) is 11.1 Å². The van der Waals surface area contributed by atoms with Crippen LogP contribution in [0.3, 0.4) is 0 Å². The predicted molar refractivity (Wildman–Crippen MR) is 59.3 cm³/mol. The Bertz CT molecular complexity index is 197. The quantitative estimate of drug-likeness (QED) is 0.387. The summed E-state index contributed by atoms with van der Waals surface area (Å²) in [5.41, 5.74) is 0. The van der Waals surface area contributed by atoms with Gasteiger partial charge in [0.15, 0.2) is 0 Å². The van der Waals surface area contributed by atoms with E-state index in [0.29, 0.717) is 5.03 Å². The fourth-order valence-electron chi connectivity index (χ4n) is 1.01. The molecule has 0 fully saturated rings. The zero-order chi connectivity index (χ0) is 11.0. The van der Waals surface area contributed by atoms with E-state index in [9.17, 15) is 4.79 Å². The number of carbonyl (C=O) groups excluding carboxylic acids is 1. The Hall–Kier alpha value is -0.500. The van der Waals surface area contributed by atoms with Crippen molar-refractivity contribution in [3.05, 3.63) is 11.1 Å². The minimum atomic E-state index is -0.346. The van der Waals surface area contributed by atoms with Gasteiger partial charge in [-0.25, -0.2) is 4.79 Å². The van der Waals surface area contributed by atoms with Crippen LogP contribution in [0.2, 0.25) is 0 Å². The van der Waals surface area contributed by atoms with Gasteiger partial charge < -0.3 is 4.74 Å². The first-order valence-corrected chi connectivity index (χ1v) is 5.50. The fourth-order valence-corrected chi connectivity index (χ4v) is 1.23. The molecule has 0 aliphatic rings. The number of rotatable bonds is 6. The highest BCUT2D eigenvalue weighted by Gasteiger charge is 2.03. The van der Waals surface area contributed by atoms with Crippen molar-refractivity contribution in [2.45, 2.75) is 52.6 Å². The van der Waals surface area contributed by atoms with Crippen molar-refractivity contribution in [2.24, 2.45) is 0 Å². The summed E-state index contributed by atoms with van der Waals surface area (Å²) >= 11 is 5.86. The van der Waals surface area contributed by atoms with E-state index in [1.165, 1.54) is 6.08 Å². The molecule has 0 amide bonds. The SMILES string of the molecule is CCCCC/C(Cl)=C/C(=O)OC(C)C. The highest BCUT2D eigenvalue weighted by molar-refractivity contribution is 6.30. The molecule has 0 radical (unpaired) electrons. The molecule has 3 heteroatoms. The lowest BCUT2D eigenvalue weighted by atomic mass is 10.2. The van der Waals surface area contributed by atoms with E-state index in [0.717, 1.165) is 25.7 Å². The van der Waals surface area contributed by atoms with Gasteiger partial charge in [-0.3, -0.25) is 0 Å². The lowest BCUT2D eigenvalue weighted by Gasteiger charge is -2.04. The molecule has 0 aromatic carbocycles. The summed E-state index contributed by atoms with van der Waals surface area (Å²) in [6, 6.07) is 0. The van der Waals surface area contributed by atoms with Gasteiger partial charge in [0.05, 0.1) is 6.10 Å². The molecule has 0 aromatic heterocycles. The molecule has 0 N–H and O–H groups in total. The maximum absolute atomic E-state index is 11.1. The zero-order valence-corrected chi connectivity index (χ0v) is 9.93. The second-order valence-corrected chi connectivity index (χ2v) is 4.02. The fraction of sp³-hybridized carbons (Fsp3) is 0.727. The lowest BCUT2D eigenvalue weighted by molar-refractivity contribution is -0.141. The molecule has 14 heavy (non-hydrogen) atoms. The van der Waals surface area contributed by atoms with Crippen molar-refractivity contribution >= 4 is 17.6 Å². The second-order valence-electron chi connectivity index (χ2n) is 3.53. The van der Waals surface area contributed by atoms with Crippen LogP contribution in [-0.4, -0.2) is 12.1 Å². The average Bonchev–Trinajstić information content (AvgIpc) is 2.02. The van der Waals surface area contributed by atoms with Crippen molar-refractivity contribution in [2.75, 3.05) is 0 Å². The van der Waals surface area contributed by atoms with Crippen LogP contribution in [0.25, 0.3) is 0 Å². The molecule has 0 saturated heterocycles. The summed E-state index contributed by atoms with van der Waals surface area (Å²) in [5.74, 6) is -0.346. The standard InChI is InChI=1S/C11H19ClO2/c1-4-5-6-7-10(12)8-11(13)14-9(2)3/h8-9H,4-7H2,1-3H3/b10-8-. The highest BCUT2D eigenvalue weighted by Crippen LogP contribution is 2.13. The number of allylic oxidation sites excluding steroid dienone is 1. The van der Waals surface area contributed by atoms with Gasteiger partial charge in [0.25, 0.3) is 0 Å². The topological polar surface area (TPSA) is 26.3 Å². The number of carbonyl (C=O) groups is 1. The third-order valence-corrected chi connectivity index (χ3v) is 1.94. The Morgan fingerprint density at radius 3 is 2.57 bits per heavy atom. The Labute approximate surface area is 91.3 Å². The van der Waals surface area contributed by atoms with Crippen LogP contribution in [0.4, 0.5) is 0 Å². The summed E-state index contributed by atoms with van der Waals surface area (Å²) in [6.45, 7) is 5.76. The summed E-state index contributed by atoms with van der Waals surface area (Å²) in [6.07, 6.45) is 5.38. The molecular formula is C11H19ClO2. The van der Waals surface area contributed by atoms with Gasteiger partial charge in [0.2, 0.25) is 0 Å². The summed E-state index contributed by atoms with van der Waals surface area (Å²) in [7, 11) is 0. The first-order chi connectivity index (χ1) is 6.56. The Balaban J connectivity index is 3.78. The molecule has 0 unspecified atom stereocenters. The number of unbranched alkanes of at least 4 members (excludes halogenated alkanes) is 2. The Morgan fingerprint density at radius 1 is 1.43 bits per heavy atom. The number of esters is 1. The lowest BCUT2D eigenvalue weighted by Crippen LogP contribution is -2.08. The molecular weight excluding hydrogens is 200 g/mol. The number of hydrogen-bond acceptors (Lipinski definition) is 2. The van der Waals surface area contributed by atoms with E-state index >= 15 is 0 Å². The van der Waals surface area contributed by atoms with Gasteiger partial charge in [0, 0.05) is 11.1 Å². The largest absolute Gasteiger partial charge is 0.460 e. The monoisotopic (exact) mass is 218 g/mol. The normalized spacial score (nSPS) is 11.9. The van der Waals surface area contributed by atoms with Crippen LogP contribution < -0.4 is 0 Å². The van der Waals surface area contributed by atoms with Gasteiger partial charge >= 0.3 is 5.97 Å². The molecule has 0 atom stereocenters. The molecule has 82 valence electrons. The molecule has 0 bridgehead atoms. The molecule has 0 spiro atoms. The molecule has 0 rings (SSSR count). The van der Waals surface area contributed by atoms with Crippen molar-refractivity contribution in [1.29, 1.82) is 0 Å². The third kappa shape index (κ3) is 8.11. The summed E-state index contributed by atoms with van der Waals surface area (Å²) in [5, 5.41) is 0.587. The van der Waals surface area contributed by atoms with Crippen LogP contribution in [0, 0.1) is 0 Å². The van der Waals surface area contributed by atoms with Crippen LogP contribution in [0.1, 0.15) is 46.5 Å². The van der Waals surface area contributed by atoms with Gasteiger partial charge in [-0.05, 0) is 26.7 Å². The maximum Gasteiger partial charge on any atom is 0.332 e.